The molecule has 0 spiro atoms. The Bertz CT molecular complexity index is 1670. The summed E-state index contributed by atoms with van der Waals surface area (Å²) in [5, 5.41) is 14.8. The Labute approximate surface area is 226 Å². The van der Waals surface area contributed by atoms with E-state index in [4.69, 9.17) is 4.74 Å². The van der Waals surface area contributed by atoms with Crippen molar-refractivity contribution in [2.45, 2.75) is 54.3 Å². The van der Waals surface area contributed by atoms with Gasteiger partial charge in [0.15, 0.2) is 16.1 Å². The molecule has 2 aromatic heterocycles. The number of H-pyrrole nitrogens is 1. The number of aromatic nitrogens is 3. The number of ether oxygens (including phenoxy) is 1. The monoisotopic (exact) mass is 576 g/mol. The predicted molar refractivity (Wildman–Crippen MR) is 134 cm³/mol. The first-order valence-electron chi connectivity index (χ1n) is 12.2. The number of alkyl carbamates (subject to hydrolysis) is 1. The van der Waals surface area contributed by atoms with Gasteiger partial charge in [-0.05, 0) is 38.0 Å². The van der Waals surface area contributed by atoms with Crippen molar-refractivity contribution in [1.82, 2.24) is 20.1 Å². The molecule has 1 aliphatic carbocycles. The summed E-state index contributed by atoms with van der Waals surface area (Å²) in [6.45, 7) is 1.31. The summed E-state index contributed by atoms with van der Waals surface area (Å²) in [6.07, 6.45) is -5.25. The molecule has 1 saturated carbocycles. The highest BCUT2D eigenvalue weighted by Crippen LogP contribution is 2.39. The summed E-state index contributed by atoms with van der Waals surface area (Å²) >= 11 is 0. The Hall–Kier alpha value is -4.32. The van der Waals surface area contributed by atoms with Gasteiger partial charge in [0.25, 0.3) is 0 Å². The third kappa shape index (κ3) is 5.14. The molecule has 0 bridgehead atoms. The number of nitrogens with one attached hydrogen (secondary N) is 2. The van der Waals surface area contributed by atoms with Crippen LogP contribution in [0.25, 0.3) is 5.69 Å². The van der Waals surface area contributed by atoms with E-state index in [1.54, 1.807) is 19.1 Å². The van der Waals surface area contributed by atoms with Crippen molar-refractivity contribution < 1.29 is 31.1 Å². The predicted octanol–water partition coefficient (Wildman–Crippen LogP) is 3.05. The molecule has 2 fully saturated rings. The van der Waals surface area contributed by atoms with Crippen LogP contribution in [0, 0.1) is 18.3 Å². The second-order valence-corrected chi connectivity index (χ2v) is 11.9. The smallest absolute Gasteiger partial charge is 0.417 e. The standard InChI is InChI=1S/C25H23F3N6O5S/c1-15-10-21(34(32-15)16-6-9-30-20(35)11-16)33-13-17(12-22(33)39-23(36)31-24(14-29)7-8-24)40(37,38)19-5-3-2-4-18(19)25(26,27)28/h2-6,9-11,17,22H,7-8,12-13H2,1H3,(H,30,35)(H,31,36)/t17-,22+/m1/s1. The third-order valence-electron chi connectivity index (χ3n) is 6.81. The van der Waals surface area contributed by atoms with E-state index >= 15 is 0 Å². The normalized spacial score (nSPS) is 20.1. The average Bonchev–Trinajstić information content (AvgIpc) is 3.36. The Morgan fingerprint density at radius 1 is 1.25 bits per heavy atom. The van der Waals surface area contributed by atoms with E-state index in [0.717, 1.165) is 12.1 Å². The number of nitriles is 1. The van der Waals surface area contributed by atoms with Gasteiger partial charge in [-0.3, -0.25) is 4.79 Å². The van der Waals surface area contributed by atoms with E-state index in [1.165, 1.54) is 27.9 Å². The zero-order chi connectivity index (χ0) is 28.9. The van der Waals surface area contributed by atoms with Crippen LogP contribution in [-0.4, -0.2) is 52.8 Å². The minimum absolute atomic E-state index is 0.254. The van der Waals surface area contributed by atoms with Crippen molar-refractivity contribution in [3.63, 3.8) is 0 Å². The minimum atomic E-state index is -4.91. The molecule has 2 atom stereocenters. The van der Waals surface area contributed by atoms with Gasteiger partial charge in [0.1, 0.15) is 11.4 Å². The number of anilines is 1. The maximum Gasteiger partial charge on any atom is 0.417 e. The highest BCUT2D eigenvalue weighted by atomic mass is 32.2. The van der Waals surface area contributed by atoms with E-state index in [0.29, 0.717) is 30.3 Å². The molecule has 3 aromatic rings. The Kier molecular flexibility index (Phi) is 6.61. The Morgan fingerprint density at radius 3 is 2.62 bits per heavy atom. The number of rotatable bonds is 6. The van der Waals surface area contributed by atoms with Crippen LogP contribution in [0.3, 0.4) is 0 Å². The van der Waals surface area contributed by atoms with Crippen molar-refractivity contribution in [2.24, 2.45) is 0 Å². The number of aryl methyl sites for hydroxylation is 1. The summed E-state index contributed by atoms with van der Waals surface area (Å²) in [7, 11) is -4.58. The molecular weight excluding hydrogens is 553 g/mol. The maximum atomic E-state index is 13.7. The fourth-order valence-corrected chi connectivity index (χ4v) is 6.55. The lowest BCUT2D eigenvalue weighted by Crippen LogP contribution is -2.42. The van der Waals surface area contributed by atoms with Crippen molar-refractivity contribution in [3.8, 4) is 11.8 Å². The van der Waals surface area contributed by atoms with Crippen molar-refractivity contribution in [1.29, 1.82) is 5.26 Å². The number of sulfone groups is 1. The number of carbonyl (C=O) groups is 1. The first-order valence-corrected chi connectivity index (χ1v) is 13.7. The molecule has 2 N–H and O–H groups in total. The number of aromatic amines is 1. The lowest BCUT2D eigenvalue weighted by Gasteiger charge is -2.27. The SMILES string of the molecule is Cc1cc(N2C[C@H](S(=O)(=O)c3ccccc3C(F)(F)F)C[C@@H]2OC(=O)NC2(C#N)CC2)n(-c2cc[nH]c(=O)c2)n1. The van der Waals surface area contributed by atoms with Gasteiger partial charge < -0.3 is 19.9 Å². The van der Waals surface area contributed by atoms with Crippen LogP contribution in [0.2, 0.25) is 0 Å². The van der Waals surface area contributed by atoms with Gasteiger partial charge in [-0.1, -0.05) is 12.1 Å². The molecule has 1 amide bonds. The molecule has 5 rings (SSSR count). The lowest BCUT2D eigenvalue weighted by molar-refractivity contribution is -0.139. The summed E-state index contributed by atoms with van der Waals surface area (Å²) < 4.78 is 75.3. The number of nitrogens with zero attached hydrogens (tertiary/aromatic N) is 4. The molecule has 0 radical (unpaired) electrons. The van der Waals surface area contributed by atoms with Crippen LogP contribution in [0.1, 0.15) is 30.5 Å². The number of alkyl halides is 3. The van der Waals surface area contributed by atoms with Gasteiger partial charge in [-0.2, -0.15) is 23.5 Å². The minimum Gasteiger partial charge on any atom is -0.425 e. The van der Waals surface area contributed by atoms with Crippen LogP contribution < -0.4 is 15.8 Å². The first-order chi connectivity index (χ1) is 18.8. The van der Waals surface area contributed by atoms with Crippen molar-refractivity contribution in [2.75, 3.05) is 11.4 Å². The van der Waals surface area contributed by atoms with Gasteiger partial charge in [0.2, 0.25) is 5.56 Å². The summed E-state index contributed by atoms with van der Waals surface area (Å²) in [6, 6.07) is 10.3. The van der Waals surface area contributed by atoms with E-state index in [-0.39, 0.29) is 18.8 Å². The van der Waals surface area contributed by atoms with Gasteiger partial charge in [0.05, 0.1) is 33.2 Å². The van der Waals surface area contributed by atoms with Gasteiger partial charge in [0, 0.05) is 31.3 Å². The number of hydrogen-bond donors (Lipinski definition) is 2. The molecule has 11 nitrogen and oxygen atoms in total. The number of hydrogen-bond acceptors (Lipinski definition) is 8. The Morgan fingerprint density at radius 2 is 1.98 bits per heavy atom. The fourth-order valence-electron chi connectivity index (χ4n) is 4.65. The Balaban J connectivity index is 1.54. The largest absolute Gasteiger partial charge is 0.425 e. The van der Waals surface area contributed by atoms with E-state index < -0.39 is 55.1 Å². The molecule has 1 aliphatic heterocycles. The molecule has 1 aromatic carbocycles. The fraction of sp³-hybridized carbons (Fsp3) is 0.360. The van der Waals surface area contributed by atoms with Crippen molar-refractivity contribution >= 4 is 21.7 Å². The number of carbonyl (C=O) groups excluding carboxylic acids is 1. The summed E-state index contributed by atoms with van der Waals surface area (Å²) in [4.78, 5) is 27.7. The summed E-state index contributed by atoms with van der Waals surface area (Å²) in [5.74, 6) is 0.254. The highest BCUT2D eigenvalue weighted by Gasteiger charge is 2.49. The molecular formula is C25H23F3N6O5S. The zero-order valence-electron chi connectivity index (χ0n) is 21.0. The lowest BCUT2D eigenvalue weighted by atomic mass is 10.2. The van der Waals surface area contributed by atoms with Crippen LogP contribution in [0.4, 0.5) is 23.8 Å². The van der Waals surface area contributed by atoms with Gasteiger partial charge in [-0.25, -0.2) is 17.9 Å². The molecule has 15 heteroatoms. The molecule has 1 saturated heterocycles. The molecule has 3 heterocycles. The van der Waals surface area contributed by atoms with Crippen LogP contribution in [0.5, 0.6) is 0 Å². The van der Waals surface area contributed by atoms with Gasteiger partial charge >= 0.3 is 12.3 Å². The molecule has 2 aliphatic rings. The topological polar surface area (TPSA) is 150 Å². The van der Waals surface area contributed by atoms with Crippen LogP contribution in [0.15, 0.2) is 58.4 Å². The van der Waals surface area contributed by atoms with E-state index in [2.05, 4.69) is 15.4 Å². The molecule has 40 heavy (non-hydrogen) atoms. The van der Waals surface area contributed by atoms with E-state index in [1.807, 2.05) is 6.07 Å². The number of amides is 1. The van der Waals surface area contributed by atoms with Crippen LogP contribution in [-0.2, 0) is 20.8 Å². The van der Waals surface area contributed by atoms with Crippen LogP contribution >= 0.6 is 0 Å². The number of halogens is 3. The summed E-state index contributed by atoms with van der Waals surface area (Å²) in [5.41, 5.74) is -1.99. The average molecular weight is 577 g/mol. The number of pyridine rings is 1. The van der Waals surface area contributed by atoms with Crippen molar-refractivity contribution in [3.05, 3.63) is 70.3 Å². The second-order valence-electron chi connectivity index (χ2n) is 9.69. The van der Waals surface area contributed by atoms with Gasteiger partial charge in [-0.15, -0.1) is 0 Å². The maximum absolute atomic E-state index is 13.7. The quantitative estimate of drug-likeness (QED) is 0.455. The third-order valence-corrected chi connectivity index (χ3v) is 9.00. The number of benzene rings is 1. The first kappa shape index (κ1) is 27.3. The zero-order valence-corrected chi connectivity index (χ0v) is 21.8. The second kappa shape index (κ2) is 9.70. The highest BCUT2D eigenvalue weighted by molar-refractivity contribution is 7.92. The molecule has 210 valence electrons. The molecule has 0 unspecified atom stereocenters. The van der Waals surface area contributed by atoms with E-state index in [9.17, 15) is 36.4 Å².